The molecule has 1 aromatic rings. The van der Waals surface area contributed by atoms with E-state index in [0.29, 0.717) is 12.4 Å². The highest BCUT2D eigenvalue weighted by Crippen LogP contribution is 2.25. The van der Waals surface area contributed by atoms with Gasteiger partial charge in [-0.15, -0.1) is 0 Å². The molecule has 4 heteroatoms. The lowest BCUT2D eigenvalue weighted by atomic mass is 10.1. The van der Waals surface area contributed by atoms with Crippen LogP contribution >= 0.6 is 0 Å². The molecule has 0 bridgehead atoms. The Morgan fingerprint density at radius 3 is 2.67 bits per heavy atom. The smallest absolute Gasteiger partial charge is 0.263 e. The van der Waals surface area contributed by atoms with Gasteiger partial charge in [0.25, 0.3) is 6.43 Å². The lowest BCUT2D eigenvalue weighted by Crippen LogP contribution is -2.16. The molecule has 1 N–H and O–H groups in total. The van der Waals surface area contributed by atoms with Gasteiger partial charge in [-0.3, -0.25) is 0 Å². The summed E-state index contributed by atoms with van der Waals surface area (Å²) >= 11 is 0. The van der Waals surface area contributed by atoms with E-state index in [1.165, 1.54) is 12.1 Å². The molecule has 15 heavy (non-hydrogen) atoms. The first-order chi connectivity index (χ1) is 7.15. The average molecular weight is 215 g/mol. The normalized spacial score (nSPS) is 10.7. The molecule has 2 nitrogen and oxygen atoms in total. The first-order valence-corrected chi connectivity index (χ1v) is 4.81. The number of likely N-dealkylation sites (N-methyl/N-ethyl adjacent to an activating group) is 1. The van der Waals surface area contributed by atoms with Gasteiger partial charge in [0.15, 0.2) is 0 Å². The molecule has 0 spiro atoms. The minimum absolute atomic E-state index is 0.0356. The third-order valence-corrected chi connectivity index (χ3v) is 2.06. The summed E-state index contributed by atoms with van der Waals surface area (Å²) in [5.41, 5.74) is 0.775. The van der Waals surface area contributed by atoms with Crippen molar-refractivity contribution in [1.29, 1.82) is 0 Å². The highest BCUT2D eigenvalue weighted by Gasteiger charge is 2.08. The number of benzene rings is 1. The second kappa shape index (κ2) is 5.66. The molecule has 0 aliphatic carbocycles. The number of halogens is 2. The zero-order valence-corrected chi connectivity index (χ0v) is 8.89. The summed E-state index contributed by atoms with van der Waals surface area (Å²) in [6, 6.07) is 4.44. The summed E-state index contributed by atoms with van der Waals surface area (Å²) in [5, 5.41) is 2.94. The molecular formula is C11H15F2NO. The Morgan fingerprint density at radius 1 is 1.40 bits per heavy atom. The maximum absolute atomic E-state index is 12.3. The molecule has 1 rings (SSSR count). The van der Waals surface area contributed by atoms with Crippen LogP contribution in [0.3, 0.4) is 0 Å². The lowest BCUT2D eigenvalue weighted by Gasteiger charge is -2.10. The van der Waals surface area contributed by atoms with Gasteiger partial charge in [-0.1, -0.05) is 0 Å². The van der Waals surface area contributed by atoms with Crippen molar-refractivity contribution in [1.82, 2.24) is 5.32 Å². The predicted molar refractivity (Wildman–Crippen MR) is 55.6 cm³/mol. The van der Waals surface area contributed by atoms with E-state index >= 15 is 0 Å². The van der Waals surface area contributed by atoms with E-state index in [9.17, 15) is 8.78 Å². The molecule has 84 valence electrons. The maximum Gasteiger partial charge on any atom is 0.263 e. The van der Waals surface area contributed by atoms with Crippen molar-refractivity contribution < 1.29 is 13.5 Å². The van der Waals surface area contributed by atoms with Crippen molar-refractivity contribution in [2.75, 3.05) is 20.2 Å². The lowest BCUT2D eigenvalue weighted by molar-refractivity contribution is 0.151. The van der Waals surface area contributed by atoms with Crippen LogP contribution < -0.4 is 10.1 Å². The number of ether oxygens (including phenoxy) is 1. The van der Waals surface area contributed by atoms with Gasteiger partial charge in [-0.05, 0) is 37.7 Å². The molecule has 0 fully saturated rings. The summed E-state index contributed by atoms with van der Waals surface area (Å²) in [5.74, 6) is 0.662. The summed E-state index contributed by atoms with van der Waals surface area (Å²) < 4.78 is 30.1. The van der Waals surface area contributed by atoms with E-state index in [4.69, 9.17) is 4.74 Å². The monoisotopic (exact) mass is 215 g/mol. The first kappa shape index (κ1) is 11.9. The standard InChI is InChI=1S/C11H15F2NO/c1-8-7-9(11(12)13)3-4-10(8)15-6-5-14-2/h3-4,7,11,14H,5-6H2,1-2H3. The van der Waals surface area contributed by atoms with Gasteiger partial charge in [-0.2, -0.15) is 0 Å². The summed E-state index contributed by atoms with van der Waals surface area (Å²) in [6.45, 7) is 3.03. The van der Waals surface area contributed by atoms with E-state index in [1.807, 2.05) is 7.05 Å². The topological polar surface area (TPSA) is 21.3 Å². The van der Waals surface area contributed by atoms with Crippen LogP contribution in [0.5, 0.6) is 5.75 Å². The third kappa shape index (κ3) is 3.47. The minimum atomic E-state index is -2.42. The fraction of sp³-hybridized carbons (Fsp3) is 0.455. The molecule has 0 unspecified atom stereocenters. The van der Waals surface area contributed by atoms with Crippen LogP contribution in [0.25, 0.3) is 0 Å². The first-order valence-electron chi connectivity index (χ1n) is 4.81. The van der Waals surface area contributed by atoms with Crippen molar-refractivity contribution >= 4 is 0 Å². The molecule has 0 radical (unpaired) electrons. The Labute approximate surface area is 88.3 Å². The van der Waals surface area contributed by atoms with Crippen LogP contribution in [0.1, 0.15) is 17.6 Å². The maximum atomic E-state index is 12.3. The third-order valence-electron chi connectivity index (χ3n) is 2.06. The van der Waals surface area contributed by atoms with Gasteiger partial charge in [0, 0.05) is 12.1 Å². The van der Waals surface area contributed by atoms with Crippen LogP contribution in [-0.2, 0) is 0 Å². The van der Waals surface area contributed by atoms with Gasteiger partial charge in [0.2, 0.25) is 0 Å². The molecule has 0 aliphatic rings. The Morgan fingerprint density at radius 2 is 2.13 bits per heavy atom. The van der Waals surface area contributed by atoms with Gasteiger partial charge >= 0.3 is 0 Å². The van der Waals surface area contributed by atoms with Crippen molar-refractivity contribution in [2.24, 2.45) is 0 Å². The number of aryl methyl sites for hydroxylation is 1. The summed E-state index contributed by atoms with van der Waals surface area (Å²) in [6.07, 6.45) is -2.42. The zero-order chi connectivity index (χ0) is 11.3. The van der Waals surface area contributed by atoms with Crippen LogP contribution in [0.2, 0.25) is 0 Å². The van der Waals surface area contributed by atoms with Crippen molar-refractivity contribution in [3.63, 3.8) is 0 Å². The summed E-state index contributed by atoms with van der Waals surface area (Å²) in [4.78, 5) is 0. The van der Waals surface area contributed by atoms with E-state index in [2.05, 4.69) is 5.32 Å². The van der Waals surface area contributed by atoms with Crippen LogP contribution in [-0.4, -0.2) is 20.2 Å². The number of alkyl halides is 2. The van der Waals surface area contributed by atoms with Gasteiger partial charge in [0.1, 0.15) is 12.4 Å². The number of rotatable bonds is 5. The Bertz CT molecular complexity index is 315. The van der Waals surface area contributed by atoms with Crippen LogP contribution in [0.15, 0.2) is 18.2 Å². The molecule has 0 aromatic heterocycles. The summed E-state index contributed by atoms with van der Waals surface area (Å²) in [7, 11) is 1.83. The number of hydrogen-bond acceptors (Lipinski definition) is 2. The molecule has 0 aliphatic heterocycles. The Balaban J connectivity index is 2.66. The van der Waals surface area contributed by atoms with Gasteiger partial charge < -0.3 is 10.1 Å². The van der Waals surface area contributed by atoms with Crippen LogP contribution in [0, 0.1) is 6.92 Å². The van der Waals surface area contributed by atoms with Gasteiger partial charge in [-0.25, -0.2) is 8.78 Å². The number of nitrogens with one attached hydrogen (secondary N) is 1. The molecule has 1 aromatic carbocycles. The highest BCUT2D eigenvalue weighted by molar-refractivity contribution is 5.36. The Hall–Kier alpha value is -1.16. The molecule has 0 saturated heterocycles. The van der Waals surface area contributed by atoms with E-state index in [1.54, 1.807) is 13.0 Å². The quantitative estimate of drug-likeness (QED) is 0.762. The molecule has 0 amide bonds. The molecule has 0 saturated carbocycles. The van der Waals surface area contributed by atoms with Crippen LogP contribution in [0.4, 0.5) is 8.78 Å². The van der Waals surface area contributed by atoms with E-state index in [-0.39, 0.29) is 5.56 Å². The predicted octanol–water partition coefficient (Wildman–Crippen LogP) is 2.53. The van der Waals surface area contributed by atoms with Crippen molar-refractivity contribution in [2.45, 2.75) is 13.3 Å². The SMILES string of the molecule is CNCCOc1ccc(C(F)F)cc1C. The number of hydrogen-bond donors (Lipinski definition) is 1. The highest BCUT2D eigenvalue weighted by atomic mass is 19.3. The minimum Gasteiger partial charge on any atom is -0.492 e. The van der Waals surface area contributed by atoms with Crippen molar-refractivity contribution in [3.05, 3.63) is 29.3 Å². The average Bonchev–Trinajstić information content (AvgIpc) is 2.20. The molecule has 0 heterocycles. The largest absolute Gasteiger partial charge is 0.492 e. The van der Waals surface area contributed by atoms with E-state index < -0.39 is 6.43 Å². The second-order valence-electron chi connectivity index (χ2n) is 3.28. The zero-order valence-electron chi connectivity index (χ0n) is 8.89. The fourth-order valence-corrected chi connectivity index (χ4v) is 1.23. The molecule has 0 atom stereocenters. The molecular weight excluding hydrogens is 200 g/mol. The fourth-order valence-electron chi connectivity index (χ4n) is 1.23. The van der Waals surface area contributed by atoms with Gasteiger partial charge in [0.05, 0.1) is 0 Å². The van der Waals surface area contributed by atoms with E-state index in [0.717, 1.165) is 12.1 Å². The second-order valence-corrected chi connectivity index (χ2v) is 3.28. The van der Waals surface area contributed by atoms with Crippen molar-refractivity contribution in [3.8, 4) is 5.75 Å². The Kier molecular flexibility index (Phi) is 4.49.